The number of fused-ring (bicyclic) bond motifs is 1. The van der Waals surface area contributed by atoms with E-state index < -0.39 is 11.9 Å². The lowest BCUT2D eigenvalue weighted by atomic mass is 9.91. The largest absolute Gasteiger partial charge is 0.486 e. The smallest absolute Gasteiger partial charge is 0.312 e. The summed E-state index contributed by atoms with van der Waals surface area (Å²) >= 11 is 1.58. The quantitative estimate of drug-likeness (QED) is 0.938. The van der Waals surface area contributed by atoms with Crippen LogP contribution in [0.3, 0.4) is 0 Å². The van der Waals surface area contributed by atoms with Crippen LogP contribution >= 0.6 is 11.3 Å². The third-order valence-electron chi connectivity index (χ3n) is 3.68. The predicted molar refractivity (Wildman–Crippen MR) is 80.9 cm³/mol. The summed E-state index contributed by atoms with van der Waals surface area (Å²) in [6.45, 7) is 2.43. The summed E-state index contributed by atoms with van der Waals surface area (Å²) in [7, 11) is 0. The molecule has 1 aliphatic carbocycles. The minimum atomic E-state index is -0.771. The normalized spacial score (nSPS) is 17.3. The molecule has 1 heterocycles. The van der Waals surface area contributed by atoms with Crippen molar-refractivity contribution in [2.75, 3.05) is 0 Å². The number of thiazole rings is 1. The molecule has 5 heteroatoms. The van der Waals surface area contributed by atoms with E-state index in [2.05, 4.69) is 4.98 Å². The third-order valence-corrected chi connectivity index (χ3v) is 4.78. The average molecular weight is 303 g/mol. The molecule has 0 fully saturated rings. The second-order valence-electron chi connectivity index (χ2n) is 5.30. The molecular formula is C16H17NO3S. The number of hydrogen-bond acceptors (Lipinski definition) is 4. The fourth-order valence-corrected chi connectivity index (χ4v) is 3.64. The van der Waals surface area contributed by atoms with E-state index in [4.69, 9.17) is 4.74 Å². The summed E-state index contributed by atoms with van der Waals surface area (Å²) < 4.78 is 5.72. The maximum Gasteiger partial charge on any atom is 0.312 e. The zero-order chi connectivity index (χ0) is 14.8. The van der Waals surface area contributed by atoms with Crippen LogP contribution in [0.25, 0.3) is 0 Å². The zero-order valence-corrected chi connectivity index (χ0v) is 12.7. The number of carbonyl (C=O) groups is 1. The van der Waals surface area contributed by atoms with Crippen LogP contribution in [0.5, 0.6) is 5.75 Å². The van der Waals surface area contributed by atoms with E-state index in [1.54, 1.807) is 11.3 Å². The maximum atomic E-state index is 11.3. The van der Waals surface area contributed by atoms with Crippen molar-refractivity contribution in [3.05, 3.63) is 45.4 Å². The van der Waals surface area contributed by atoms with Crippen molar-refractivity contribution < 1.29 is 14.6 Å². The van der Waals surface area contributed by atoms with Crippen LogP contribution in [-0.4, -0.2) is 16.1 Å². The van der Waals surface area contributed by atoms with Gasteiger partial charge in [-0.1, -0.05) is 17.7 Å². The molecule has 4 nitrogen and oxygen atoms in total. The van der Waals surface area contributed by atoms with Crippen LogP contribution in [0.1, 0.15) is 39.9 Å². The second-order valence-corrected chi connectivity index (χ2v) is 6.47. The van der Waals surface area contributed by atoms with Gasteiger partial charge in [-0.05, 0) is 38.3 Å². The topological polar surface area (TPSA) is 59.4 Å². The highest BCUT2D eigenvalue weighted by Crippen LogP contribution is 2.35. The SMILES string of the molecule is Cc1ccc(OCc2nc3c(s2)CCCC3C(=O)O)cc1. The summed E-state index contributed by atoms with van der Waals surface area (Å²) in [6, 6.07) is 7.87. The van der Waals surface area contributed by atoms with Gasteiger partial charge in [0.2, 0.25) is 0 Å². The molecule has 0 saturated heterocycles. The number of aryl methyl sites for hydroxylation is 2. The standard InChI is InChI=1S/C16H17NO3S/c1-10-5-7-11(8-6-10)20-9-14-17-15-12(16(18)19)3-2-4-13(15)21-14/h5-8,12H,2-4,9H2,1H3,(H,18,19). The molecule has 1 unspecified atom stereocenters. The molecule has 2 aromatic rings. The van der Waals surface area contributed by atoms with Crippen molar-refractivity contribution in [2.24, 2.45) is 0 Å². The van der Waals surface area contributed by atoms with Gasteiger partial charge in [-0.2, -0.15) is 0 Å². The van der Waals surface area contributed by atoms with Crippen LogP contribution in [0.15, 0.2) is 24.3 Å². The Morgan fingerprint density at radius 3 is 2.90 bits per heavy atom. The van der Waals surface area contributed by atoms with Crippen molar-refractivity contribution >= 4 is 17.3 Å². The molecule has 1 aliphatic rings. The Balaban J connectivity index is 1.72. The molecule has 1 atom stereocenters. The monoisotopic (exact) mass is 303 g/mol. The number of carboxylic acid groups (broad SMARTS) is 1. The number of aliphatic carboxylic acids is 1. The number of ether oxygens (including phenoxy) is 1. The van der Waals surface area contributed by atoms with Gasteiger partial charge >= 0.3 is 5.97 Å². The number of carboxylic acids is 1. The van der Waals surface area contributed by atoms with Crippen molar-refractivity contribution in [1.29, 1.82) is 0 Å². The first-order chi connectivity index (χ1) is 10.1. The Morgan fingerprint density at radius 2 is 2.19 bits per heavy atom. The minimum absolute atomic E-state index is 0.396. The highest BCUT2D eigenvalue weighted by molar-refractivity contribution is 7.11. The Kier molecular flexibility index (Phi) is 3.92. The first kappa shape index (κ1) is 14.1. The Bertz CT molecular complexity index is 648. The number of benzene rings is 1. The lowest BCUT2D eigenvalue weighted by molar-refractivity contribution is -0.139. The first-order valence-corrected chi connectivity index (χ1v) is 7.86. The molecule has 0 saturated carbocycles. The zero-order valence-electron chi connectivity index (χ0n) is 11.8. The summed E-state index contributed by atoms with van der Waals surface area (Å²) in [5, 5.41) is 10.1. The Hall–Kier alpha value is -1.88. The summed E-state index contributed by atoms with van der Waals surface area (Å²) in [5.41, 5.74) is 1.94. The molecule has 1 aromatic carbocycles. The molecule has 1 aromatic heterocycles. The summed E-state index contributed by atoms with van der Waals surface area (Å²) in [6.07, 6.45) is 2.54. The van der Waals surface area contributed by atoms with Crippen LogP contribution in [0.4, 0.5) is 0 Å². The maximum absolute atomic E-state index is 11.3. The predicted octanol–water partition coefficient (Wildman–Crippen LogP) is 3.54. The Morgan fingerprint density at radius 1 is 1.43 bits per heavy atom. The van der Waals surface area contributed by atoms with Gasteiger partial charge in [0.15, 0.2) is 0 Å². The lowest BCUT2D eigenvalue weighted by Gasteiger charge is -2.16. The molecule has 0 radical (unpaired) electrons. The minimum Gasteiger partial charge on any atom is -0.486 e. The number of nitrogens with zero attached hydrogens (tertiary/aromatic N) is 1. The van der Waals surface area contributed by atoms with Crippen LogP contribution in [0.2, 0.25) is 0 Å². The van der Waals surface area contributed by atoms with Gasteiger partial charge in [-0.25, -0.2) is 4.98 Å². The van der Waals surface area contributed by atoms with Gasteiger partial charge in [0.1, 0.15) is 17.4 Å². The molecule has 1 N–H and O–H groups in total. The van der Waals surface area contributed by atoms with Crippen molar-refractivity contribution in [3.63, 3.8) is 0 Å². The van der Waals surface area contributed by atoms with E-state index in [0.29, 0.717) is 13.0 Å². The average Bonchev–Trinajstić information content (AvgIpc) is 2.89. The molecule has 0 bridgehead atoms. The summed E-state index contributed by atoms with van der Waals surface area (Å²) in [5.74, 6) is -0.408. The van der Waals surface area contributed by atoms with Crippen molar-refractivity contribution in [3.8, 4) is 5.75 Å². The van der Waals surface area contributed by atoms with E-state index in [0.717, 1.165) is 34.2 Å². The van der Waals surface area contributed by atoms with Crippen LogP contribution < -0.4 is 4.74 Å². The fraction of sp³-hybridized carbons (Fsp3) is 0.375. The molecule has 3 rings (SSSR count). The number of hydrogen-bond donors (Lipinski definition) is 1. The van der Waals surface area contributed by atoms with Gasteiger partial charge in [0.25, 0.3) is 0 Å². The number of rotatable bonds is 4. The van der Waals surface area contributed by atoms with E-state index in [1.807, 2.05) is 31.2 Å². The number of aromatic nitrogens is 1. The summed E-state index contributed by atoms with van der Waals surface area (Å²) in [4.78, 5) is 16.9. The van der Waals surface area contributed by atoms with Crippen molar-refractivity contribution in [2.45, 2.75) is 38.7 Å². The van der Waals surface area contributed by atoms with Crippen LogP contribution in [0, 0.1) is 6.92 Å². The van der Waals surface area contributed by atoms with Crippen molar-refractivity contribution in [1.82, 2.24) is 4.98 Å². The molecule has 0 aliphatic heterocycles. The van der Waals surface area contributed by atoms with E-state index in [-0.39, 0.29) is 0 Å². The van der Waals surface area contributed by atoms with Gasteiger partial charge in [-0.3, -0.25) is 4.79 Å². The molecule has 0 spiro atoms. The first-order valence-electron chi connectivity index (χ1n) is 7.04. The molecular weight excluding hydrogens is 286 g/mol. The van der Waals surface area contributed by atoms with Gasteiger partial charge in [0, 0.05) is 4.88 Å². The van der Waals surface area contributed by atoms with Gasteiger partial charge < -0.3 is 9.84 Å². The van der Waals surface area contributed by atoms with E-state index >= 15 is 0 Å². The van der Waals surface area contributed by atoms with Crippen LogP contribution in [-0.2, 0) is 17.8 Å². The second kappa shape index (κ2) is 5.85. The molecule has 21 heavy (non-hydrogen) atoms. The molecule has 110 valence electrons. The molecule has 0 amide bonds. The highest BCUT2D eigenvalue weighted by atomic mass is 32.1. The lowest BCUT2D eigenvalue weighted by Crippen LogP contribution is -2.17. The highest BCUT2D eigenvalue weighted by Gasteiger charge is 2.29. The van der Waals surface area contributed by atoms with E-state index in [9.17, 15) is 9.90 Å². The van der Waals surface area contributed by atoms with E-state index in [1.165, 1.54) is 5.56 Å². The Labute approximate surface area is 127 Å². The van der Waals surface area contributed by atoms with Gasteiger partial charge in [-0.15, -0.1) is 11.3 Å². The fourth-order valence-electron chi connectivity index (χ4n) is 2.55. The third kappa shape index (κ3) is 3.08. The van der Waals surface area contributed by atoms with Gasteiger partial charge in [0.05, 0.1) is 11.6 Å².